The van der Waals surface area contributed by atoms with Gasteiger partial charge in [-0.1, -0.05) is 0 Å². The van der Waals surface area contributed by atoms with Gasteiger partial charge in [-0.15, -0.1) is 0 Å². The number of hydrogen-bond acceptors (Lipinski definition) is 4. The third kappa shape index (κ3) is 1.46. The average Bonchev–Trinajstić information content (AvgIpc) is 1.84. The minimum absolute atomic E-state index is 0.183. The highest BCUT2D eigenvalue weighted by Crippen LogP contribution is 2.17. The van der Waals surface area contributed by atoms with Crippen LogP contribution in [0.3, 0.4) is 0 Å². The minimum atomic E-state index is -1.14. The van der Waals surface area contributed by atoms with Crippen LogP contribution in [0.25, 0.3) is 0 Å². The van der Waals surface area contributed by atoms with Crippen LogP contribution in [0, 0.1) is 0 Å². The van der Waals surface area contributed by atoms with Gasteiger partial charge >= 0.3 is 0 Å². The summed E-state index contributed by atoms with van der Waals surface area (Å²) >= 11 is 0. The monoisotopic (exact) mass is 148 g/mol. The molecule has 1 aliphatic rings. The maximum Gasteiger partial charge on any atom is 0.181 e. The summed E-state index contributed by atoms with van der Waals surface area (Å²) in [5.74, 6) is 0. The molecule has 3 N–H and O–H groups in total. The summed E-state index contributed by atoms with van der Waals surface area (Å²) in [6.07, 6.45) is -2.97. The first kappa shape index (κ1) is 7.94. The topological polar surface area (TPSA) is 69.9 Å². The Morgan fingerprint density at radius 1 is 1.20 bits per heavy atom. The van der Waals surface area contributed by atoms with E-state index in [4.69, 9.17) is 20.1 Å². The molecular weight excluding hydrogens is 136 g/mol. The summed E-state index contributed by atoms with van der Waals surface area (Å²) in [7, 11) is 0. The van der Waals surface area contributed by atoms with Gasteiger partial charge in [-0.2, -0.15) is 0 Å². The fourth-order valence-electron chi connectivity index (χ4n) is 0.957. The Morgan fingerprint density at radius 3 is 2.30 bits per heavy atom. The van der Waals surface area contributed by atoms with E-state index in [0.717, 1.165) is 0 Å². The number of aliphatic hydroxyl groups excluding tert-OH is 3. The van der Waals surface area contributed by atoms with Crippen LogP contribution >= 0.6 is 0 Å². The Morgan fingerprint density at radius 2 is 1.80 bits per heavy atom. The molecule has 0 radical (unpaired) electrons. The lowest BCUT2D eigenvalue weighted by molar-refractivity contribution is -0.240. The quantitative estimate of drug-likeness (QED) is 0.405. The number of aliphatic hydroxyl groups is 3. The summed E-state index contributed by atoms with van der Waals surface area (Å²) in [4.78, 5) is 0. The Hall–Kier alpha value is -0.160. The molecule has 10 heavy (non-hydrogen) atoms. The predicted octanol–water partition coefficient (Wildman–Crippen LogP) is -1.16. The van der Waals surface area contributed by atoms with Gasteiger partial charge < -0.3 is 20.1 Å². The predicted molar refractivity (Wildman–Crippen MR) is 33.2 cm³/mol. The Kier molecular flexibility index (Phi) is 2.25. The zero-order valence-corrected chi connectivity index (χ0v) is 5.77. The number of ether oxygens (including phenoxy) is 1. The lowest BCUT2D eigenvalue weighted by Gasteiger charge is -2.32. The van der Waals surface area contributed by atoms with Gasteiger partial charge in [-0.05, 0) is 6.92 Å². The molecule has 0 aromatic heterocycles. The summed E-state index contributed by atoms with van der Waals surface area (Å²) in [6.45, 7) is 1.65. The molecule has 0 aromatic rings. The molecule has 0 aromatic carbocycles. The lowest BCUT2D eigenvalue weighted by atomic mass is 10.0. The van der Waals surface area contributed by atoms with Crippen molar-refractivity contribution in [3.05, 3.63) is 0 Å². The van der Waals surface area contributed by atoms with E-state index >= 15 is 0 Å². The standard InChI is InChI=1S/C6H12O4/c1-3-4(7)2-5(8)6(9)10-3/h3-9H,2H2,1H3/t3-,4+,5+,6+/m1/s1. The molecule has 1 saturated heterocycles. The van der Waals surface area contributed by atoms with Crippen molar-refractivity contribution in [3.8, 4) is 0 Å². The van der Waals surface area contributed by atoms with Crippen molar-refractivity contribution in [2.45, 2.75) is 37.9 Å². The molecule has 1 aliphatic heterocycles. The molecular formula is C6H12O4. The lowest BCUT2D eigenvalue weighted by Crippen LogP contribution is -2.45. The van der Waals surface area contributed by atoms with Crippen molar-refractivity contribution in [1.82, 2.24) is 0 Å². The Labute approximate surface area is 59.1 Å². The van der Waals surface area contributed by atoms with Gasteiger partial charge in [0.05, 0.1) is 12.2 Å². The normalized spacial score (nSPS) is 49.2. The van der Waals surface area contributed by atoms with E-state index < -0.39 is 24.6 Å². The van der Waals surface area contributed by atoms with Crippen LogP contribution in [0.1, 0.15) is 13.3 Å². The molecule has 1 heterocycles. The third-order valence-corrected chi connectivity index (χ3v) is 1.71. The van der Waals surface area contributed by atoms with Crippen molar-refractivity contribution >= 4 is 0 Å². The first-order valence-electron chi connectivity index (χ1n) is 3.31. The second kappa shape index (κ2) is 2.84. The second-order valence-electron chi connectivity index (χ2n) is 2.60. The van der Waals surface area contributed by atoms with E-state index in [-0.39, 0.29) is 6.42 Å². The van der Waals surface area contributed by atoms with Crippen molar-refractivity contribution in [2.24, 2.45) is 0 Å². The molecule has 0 aliphatic carbocycles. The maximum absolute atomic E-state index is 9.07. The summed E-state index contributed by atoms with van der Waals surface area (Å²) in [5.41, 5.74) is 0. The smallest absolute Gasteiger partial charge is 0.181 e. The molecule has 0 saturated carbocycles. The van der Waals surface area contributed by atoms with E-state index in [9.17, 15) is 0 Å². The molecule has 4 heteroatoms. The van der Waals surface area contributed by atoms with Crippen LogP contribution in [0.15, 0.2) is 0 Å². The first-order valence-corrected chi connectivity index (χ1v) is 3.31. The summed E-state index contributed by atoms with van der Waals surface area (Å²) < 4.78 is 4.77. The fourth-order valence-corrected chi connectivity index (χ4v) is 0.957. The fraction of sp³-hybridized carbons (Fsp3) is 1.00. The summed E-state index contributed by atoms with van der Waals surface area (Å²) in [5, 5.41) is 26.9. The van der Waals surface area contributed by atoms with Crippen molar-refractivity contribution < 1.29 is 20.1 Å². The van der Waals surface area contributed by atoms with Crippen molar-refractivity contribution in [2.75, 3.05) is 0 Å². The summed E-state index contributed by atoms with van der Waals surface area (Å²) in [6, 6.07) is 0. The molecule has 0 spiro atoms. The number of rotatable bonds is 0. The Balaban J connectivity index is 2.46. The molecule has 1 fully saturated rings. The highest BCUT2D eigenvalue weighted by atomic mass is 16.6. The largest absolute Gasteiger partial charge is 0.390 e. The second-order valence-corrected chi connectivity index (χ2v) is 2.60. The van der Waals surface area contributed by atoms with Crippen LogP contribution < -0.4 is 0 Å². The molecule has 0 bridgehead atoms. The molecule has 60 valence electrons. The average molecular weight is 148 g/mol. The van der Waals surface area contributed by atoms with Crippen molar-refractivity contribution in [3.63, 3.8) is 0 Å². The molecule has 0 unspecified atom stereocenters. The maximum atomic E-state index is 9.07. The van der Waals surface area contributed by atoms with Gasteiger partial charge in [0.15, 0.2) is 6.29 Å². The van der Waals surface area contributed by atoms with Crippen LogP contribution in [0.5, 0.6) is 0 Å². The molecule has 4 nitrogen and oxygen atoms in total. The van der Waals surface area contributed by atoms with Crippen LogP contribution in [-0.2, 0) is 4.74 Å². The van der Waals surface area contributed by atoms with E-state index in [1.807, 2.05) is 0 Å². The van der Waals surface area contributed by atoms with Crippen LogP contribution in [-0.4, -0.2) is 39.9 Å². The van der Waals surface area contributed by atoms with Gasteiger partial charge in [0.1, 0.15) is 6.10 Å². The van der Waals surface area contributed by atoms with Gasteiger partial charge in [0.2, 0.25) is 0 Å². The Bertz CT molecular complexity index is 90.3. The van der Waals surface area contributed by atoms with Crippen LogP contribution in [0.2, 0.25) is 0 Å². The van der Waals surface area contributed by atoms with Crippen LogP contribution in [0.4, 0.5) is 0 Å². The molecule has 1 rings (SSSR count). The van der Waals surface area contributed by atoms with Gasteiger partial charge in [-0.3, -0.25) is 0 Å². The third-order valence-electron chi connectivity index (χ3n) is 1.71. The van der Waals surface area contributed by atoms with Gasteiger partial charge in [-0.25, -0.2) is 0 Å². The zero-order chi connectivity index (χ0) is 7.72. The van der Waals surface area contributed by atoms with Gasteiger partial charge in [0.25, 0.3) is 0 Å². The highest BCUT2D eigenvalue weighted by Gasteiger charge is 2.32. The SMILES string of the molecule is C[C@H]1O[C@H](O)[C@@H](O)C[C@@H]1O. The van der Waals surface area contributed by atoms with E-state index in [1.54, 1.807) is 6.92 Å². The molecule has 4 atom stereocenters. The van der Waals surface area contributed by atoms with Gasteiger partial charge in [0, 0.05) is 6.42 Å². The van der Waals surface area contributed by atoms with E-state index in [1.165, 1.54) is 0 Å². The first-order chi connectivity index (χ1) is 4.61. The molecule has 0 amide bonds. The zero-order valence-electron chi connectivity index (χ0n) is 5.77. The van der Waals surface area contributed by atoms with Crippen molar-refractivity contribution in [1.29, 1.82) is 0 Å². The van der Waals surface area contributed by atoms with E-state index in [2.05, 4.69) is 0 Å². The highest BCUT2D eigenvalue weighted by molar-refractivity contribution is 4.76. The van der Waals surface area contributed by atoms with E-state index in [0.29, 0.717) is 0 Å². The minimum Gasteiger partial charge on any atom is -0.390 e. The number of hydrogen-bond donors (Lipinski definition) is 3.